The van der Waals surface area contributed by atoms with E-state index in [4.69, 9.17) is 0 Å². The zero-order valence-corrected chi connectivity index (χ0v) is 10.3. The number of nitrogens with one attached hydrogen (secondary N) is 1. The number of hydrogen-bond donors (Lipinski definition) is 1. The zero-order chi connectivity index (χ0) is 11.9. The molecule has 0 spiro atoms. The van der Waals surface area contributed by atoms with E-state index in [-0.39, 0.29) is 5.56 Å². The van der Waals surface area contributed by atoms with E-state index in [1.165, 1.54) is 17.1 Å². The number of thiophene rings is 1. The first-order valence-electron chi connectivity index (χ1n) is 5.60. The number of hydrogen-bond acceptors (Lipinski definition) is 4. The van der Waals surface area contributed by atoms with Crippen LogP contribution in [-0.4, -0.2) is 22.6 Å². The van der Waals surface area contributed by atoms with Gasteiger partial charge < -0.3 is 5.32 Å². The largest absolute Gasteiger partial charge is 0.315 e. The van der Waals surface area contributed by atoms with E-state index < -0.39 is 0 Å². The second-order valence-electron chi connectivity index (χ2n) is 3.69. The Bertz CT molecular complexity index is 492. The van der Waals surface area contributed by atoms with Crippen molar-refractivity contribution < 1.29 is 0 Å². The molecule has 0 saturated heterocycles. The van der Waals surface area contributed by atoms with Gasteiger partial charge in [0.15, 0.2) is 0 Å². The van der Waals surface area contributed by atoms with Gasteiger partial charge in [-0.15, -0.1) is 11.3 Å². The van der Waals surface area contributed by atoms with Gasteiger partial charge in [0.2, 0.25) is 0 Å². The molecule has 0 bridgehead atoms. The first-order chi connectivity index (χ1) is 8.36. The number of nitrogens with zero attached hydrogens (tertiary/aromatic N) is 2. The molecular formula is C12H15N3OS. The summed E-state index contributed by atoms with van der Waals surface area (Å²) in [5.74, 6) is 0. The Kier molecular flexibility index (Phi) is 4.46. The molecule has 0 saturated carbocycles. The normalized spacial score (nSPS) is 10.6. The van der Waals surface area contributed by atoms with Crippen molar-refractivity contribution in [3.05, 3.63) is 51.3 Å². The molecule has 2 aromatic heterocycles. The number of aromatic nitrogens is 2. The van der Waals surface area contributed by atoms with Crippen molar-refractivity contribution in [1.29, 1.82) is 0 Å². The quantitative estimate of drug-likeness (QED) is 0.781. The van der Waals surface area contributed by atoms with Crippen molar-refractivity contribution in [1.82, 2.24) is 14.9 Å². The van der Waals surface area contributed by atoms with Crippen LogP contribution in [0.1, 0.15) is 4.88 Å². The summed E-state index contributed by atoms with van der Waals surface area (Å²) in [7, 11) is 0. The van der Waals surface area contributed by atoms with Crippen LogP contribution >= 0.6 is 11.3 Å². The van der Waals surface area contributed by atoms with Crippen LogP contribution in [0.25, 0.3) is 0 Å². The Morgan fingerprint density at radius 2 is 2.29 bits per heavy atom. The van der Waals surface area contributed by atoms with Crippen molar-refractivity contribution in [2.75, 3.05) is 13.1 Å². The molecule has 2 heterocycles. The fourth-order valence-electron chi connectivity index (χ4n) is 1.54. The van der Waals surface area contributed by atoms with Crippen molar-refractivity contribution in [2.45, 2.75) is 13.0 Å². The highest BCUT2D eigenvalue weighted by Crippen LogP contribution is 2.07. The summed E-state index contributed by atoms with van der Waals surface area (Å²) in [6.07, 6.45) is 4.13. The molecule has 2 aromatic rings. The molecule has 0 radical (unpaired) electrons. The van der Waals surface area contributed by atoms with Crippen LogP contribution in [-0.2, 0) is 13.0 Å². The van der Waals surface area contributed by atoms with Crippen molar-refractivity contribution >= 4 is 11.3 Å². The molecule has 1 N–H and O–H groups in total. The Morgan fingerprint density at radius 1 is 1.35 bits per heavy atom. The predicted molar refractivity (Wildman–Crippen MR) is 69.4 cm³/mol. The molecule has 0 fully saturated rings. The maximum atomic E-state index is 11.4. The lowest BCUT2D eigenvalue weighted by Gasteiger charge is -2.05. The summed E-state index contributed by atoms with van der Waals surface area (Å²) >= 11 is 1.77. The van der Waals surface area contributed by atoms with Crippen molar-refractivity contribution in [2.24, 2.45) is 0 Å². The maximum absolute atomic E-state index is 11.4. The molecule has 0 atom stereocenters. The van der Waals surface area contributed by atoms with E-state index in [9.17, 15) is 4.79 Å². The van der Waals surface area contributed by atoms with Crippen molar-refractivity contribution in [3.63, 3.8) is 0 Å². The lowest BCUT2D eigenvalue weighted by atomic mass is 10.3. The minimum atomic E-state index is 0.0000526. The summed E-state index contributed by atoms with van der Waals surface area (Å²) < 4.78 is 1.61. The topological polar surface area (TPSA) is 46.9 Å². The van der Waals surface area contributed by atoms with Gasteiger partial charge in [-0.25, -0.2) is 4.98 Å². The molecule has 17 heavy (non-hydrogen) atoms. The summed E-state index contributed by atoms with van der Waals surface area (Å²) in [6.45, 7) is 2.39. The molecule has 2 rings (SSSR count). The summed E-state index contributed by atoms with van der Waals surface area (Å²) in [5, 5.41) is 5.41. The van der Waals surface area contributed by atoms with Gasteiger partial charge in [-0.2, -0.15) is 0 Å². The van der Waals surface area contributed by atoms with E-state index in [0.29, 0.717) is 6.54 Å². The SMILES string of the molecule is O=c1ccncn1CCNCCc1cccs1. The highest BCUT2D eigenvalue weighted by molar-refractivity contribution is 7.09. The second kappa shape index (κ2) is 6.32. The van der Waals surface area contributed by atoms with Crippen LogP contribution in [0.5, 0.6) is 0 Å². The molecule has 0 aliphatic rings. The molecule has 0 aliphatic carbocycles. The Labute approximate surface area is 104 Å². The van der Waals surface area contributed by atoms with E-state index >= 15 is 0 Å². The van der Waals surface area contributed by atoms with Crippen LogP contribution in [0.3, 0.4) is 0 Å². The van der Waals surface area contributed by atoms with Gasteiger partial charge >= 0.3 is 0 Å². The molecular weight excluding hydrogens is 234 g/mol. The minimum Gasteiger partial charge on any atom is -0.315 e. The lowest BCUT2D eigenvalue weighted by Crippen LogP contribution is -2.27. The van der Waals surface area contributed by atoms with Crippen molar-refractivity contribution in [3.8, 4) is 0 Å². The van der Waals surface area contributed by atoms with Crippen LogP contribution in [0.15, 0.2) is 40.9 Å². The summed E-state index contributed by atoms with van der Waals surface area (Å²) in [4.78, 5) is 16.7. The Balaban J connectivity index is 1.67. The van der Waals surface area contributed by atoms with Gasteiger partial charge in [-0.05, 0) is 17.9 Å². The first-order valence-corrected chi connectivity index (χ1v) is 6.48. The molecule has 0 aliphatic heterocycles. The first kappa shape index (κ1) is 12.0. The monoisotopic (exact) mass is 249 g/mol. The highest BCUT2D eigenvalue weighted by Gasteiger charge is 1.95. The van der Waals surface area contributed by atoms with Gasteiger partial charge in [0.1, 0.15) is 0 Å². The van der Waals surface area contributed by atoms with Gasteiger partial charge in [0.25, 0.3) is 5.56 Å². The van der Waals surface area contributed by atoms with E-state index in [1.807, 2.05) is 0 Å². The van der Waals surface area contributed by atoms with Gasteiger partial charge in [0, 0.05) is 36.8 Å². The highest BCUT2D eigenvalue weighted by atomic mass is 32.1. The van der Waals surface area contributed by atoms with Crippen LogP contribution < -0.4 is 10.9 Å². The smallest absolute Gasteiger partial charge is 0.253 e. The van der Waals surface area contributed by atoms with Gasteiger partial charge in [-0.1, -0.05) is 6.07 Å². The van der Waals surface area contributed by atoms with Crippen LogP contribution in [0.4, 0.5) is 0 Å². The molecule has 0 amide bonds. The molecule has 5 heteroatoms. The van der Waals surface area contributed by atoms with Gasteiger partial charge in [0.05, 0.1) is 6.33 Å². The molecule has 0 unspecified atom stereocenters. The Hall–Kier alpha value is -1.46. The third kappa shape index (κ3) is 3.80. The maximum Gasteiger partial charge on any atom is 0.253 e. The fraction of sp³-hybridized carbons (Fsp3) is 0.333. The molecule has 4 nitrogen and oxygen atoms in total. The third-order valence-electron chi connectivity index (χ3n) is 2.45. The van der Waals surface area contributed by atoms with Crippen LogP contribution in [0, 0.1) is 0 Å². The minimum absolute atomic E-state index is 0.0000526. The standard InChI is InChI=1S/C12H15N3OS/c16-12-4-6-14-10-15(12)8-7-13-5-3-11-2-1-9-17-11/h1-2,4,6,9-10,13H,3,5,7-8H2. The lowest BCUT2D eigenvalue weighted by molar-refractivity contribution is 0.580. The van der Waals surface area contributed by atoms with Gasteiger partial charge in [-0.3, -0.25) is 9.36 Å². The number of rotatable bonds is 6. The predicted octanol–water partition coefficient (Wildman–Crippen LogP) is 1.14. The molecule has 90 valence electrons. The third-order valence-corrected chi connectivity index (χ3v) is 3.39. The van der Waals surface area contributed by atoms with E-state index in [1.54, 1.807) is 22.2 Å². The molecule has 0 aromatic carbocycles. The Morgan fingerprint density at radius 3 is 3.06 bits per heavy atom. The fourth-order valence-corrected chi connectivity index (χ4v) is 2.25. The second-order valence-corrected chi connectivity index (χ2v) is 4.72. The zero-order valence-electron chi connectivity index (χ0n) is 9.50. The summed E-state index contributed by atoms with van der Waals surface area (Å²) in [6, 6.07) is 5.68. The van der Waals surface area contributed by atoms with E-state index in [0.717, 1.165) is 19.5 Å². The average Bonchev–Trinajstić information content (AvgIpc) is 2.84. The average molecular weight is 249 g/mol. The summed E-state index contributed by atoms with van der Waals surface area (Å²) in [5.41, 5.74) is 0.0000526. The van der Waals surface area contributed by atoms with E-state index in [2.05, 4.69) is 27.8 Å². The van der Waals surface area contributed by atoms with Crippen LogP contribution in [0.2, 0.25) is 0 Å².